The highest BCUT2D eigenvalue weighted by atomic mass is 79.9. The Labute approximate surface area is 136 Å². The molecule has 0 aromatic heterocycles. The molecule has 0 radical (unpaired) electrons. The minimum absolute atomic E-state index is 0.0662. The zero-order valence-corrected chi connectivity index (χ0v) is 14.6. The Balaban J connectivity index is 1.95. The number of rotatable bonds is 4. The Morgan fingerprint density at radius 2 is 1.95 bits per heavy atom. The predicted molar refractivity (Wildman–Crippen MR) is 83.6 cm³/mol. The quantitative estimate of drug-likeness (QED) is 0.717. The number of carbonyl (C=O) groups is 1. The number of ether oxygens (including phenoxy) is 1. The normalized spacial score (nSPS) is 22.5. The second kappa shape index (κ2) is 6.56. The molecule has 2 atom stereocenters. The largest absolute Gasteiger partial charge is 0.479 e. The van der Waals surface area contributed by atoms with Crippen molar-refractivity contribution in [3.63, 3.8) is 0 Å². The summed E-state index contributed by atoms with van der Waals surface area (Å²) in [6, 6.07) is 3.89. The molecule has 4 nitrogen and oxygen atoms in total. The Morgan fingerprint density at radius 1 is 1.32 bits per heavy atom. The Hall–Kier alpha value is -0.110. The summed E-state index contributed by atoms with van der Waals surface area (Å²) in [5.41, 5.74) is 0.936. The summed E-state index contributed by atoms with van der Waals surface area (Å²) in [5, 5.41) is 12.1. The maximum atomic E-state index is 10.8. The molecular formula is C12H12Br3NO3. The van der Waals surface area contributed by atoms with E-state index in [1.54, 1.807) is 0 Å². The van der Waals surface area contributed by atoms with Gasteiger partial charge in [-0.05, 0) is 56.8 Å². The molecule has 0 spiro atoms. The first-order valence-electron chi connectivity index (χ1n) is 5.74. The fourth-order valence-corrected chi connectivity index (χ4v) is 4.50. The summed E-state index contributed by atoms with van der Waals surface area (Å²) in [6.07, 6.45) is 0.604. The lowest BCUT2D eigenvalue weighted by atomic mass is 10.2. The van der Waals surface area contributed by atoms with Gasteiger partial charge in [0.15, 0.2) is 6.10 Å². The van der Waals surface area contributed by atoms with Crippen molar-refractivity contribution in [2.24, 2.45) is 0 Å². The highest BCUT2D eigenvalue weighted by molar-refractivity contribution is 9.11. The van der Waals surface area contributed by atoms with Crippen LogP contribution < -0.4 is 5.32 Å². The summed E-state index contributed by atoms with van der Waals surface area (Å²) in [4.78, 5) is 10.8. The first-order chi connectivity index (χ1) is 8.97. The van der Waals surface area contributed by atoms with Crippen LogP contribution in [0.25, 0.3) is 0 Å². The molecule has 1 fully saturated rings. The molecule has 1 saturated heterocycles. The zero-order chi connectivity index (χ0) is 14.0. The van der Waals surface area contributed by atoms with Gasteiger partial charge in [0, 0.05) is 20.0 Å². The van der Waals surface area contributed by atoms with Crippen LogP contribution in [-0.2, 0) is 9.53 Å². The van der Waals surface area contributed by atoms with Crippen molar-refractivity contribution in [2.45, 2.75) is 25.0 Å². The van der Waals surface area contributed by atoms with Gasteiger partial charge in [-0.15, -0.1) is 0 Å². The predicted octanol–water partition coefficient (Wildman–Crippen LogP) is 4.02. The lowest BCUT2D eigenvalue weighted by molar-refractivity contribution is -0.149. The van der Waals surface area contributed by atoms with E-state index in [2.05, 4.69) is 53.1 Å². The molecular weight excluding hydrogens is 446 g/mol. The number of benzene rings is 1. The first-order valence-corrected chi connectivity index (χ1v) is 8.12. The molecule has 1 aliphatic heterocycles. The summed E-state index contributed by atoms with van der Waals surface area (Å²) in [7, 11) is 0. The number of halogens is 3. The van der Waals surface area contributed by atoms with Gasteiger partial charge in [0.2, 0.25) is 0 Å². The van der Waals surface area contributed by atoms with E-state index >= 15 is 0 Å². The smallest absolute Gasteiger partial charge is 0.332 e. The number of nitrogens with one attached hydrogen (secondary N) is 1. The lowest BCUT2D eigenvalue weighted by Crippen LogP contribution is -2.24. The van der Waals surface area contributed by atoms with Crippen molar-refractivity contribution in [1.82, 2.24) is 0 Å². The number of anilines is 1. The third kappa shape index (κ3) is 3.93. The van der Waals surface area contributed by atoms with E-state index in [-0.39, 0.29) is 6.10 Å². The van der Waals surface area contributed by atoms with E-state index < -0.39 is 12.1 Å². The molecule has 1 aromatic rings. The molecule has 2 N–H and O–H groups in total. The first kappa shape index (κ1) is 15.3. The van der Waals surface area contributed by atoms with E-state index in [0.29, 0.717) is 13.0 Å². The SMILES string of the molecule is O=C(O)C1CCC(CNc2c(Br)cc(Br)cc2Br)O1. The fraction of sp³-hybridized carbons (Fsp3) is 0.417. The molecule has 0 aliphatic carbocycles. The molecule has 1 aliphatic rings. The molecule has 2 unspecified atom stereocenters. The Bertz CT molecular complexity index is 472. The van der Waals surface area contributed by atoms with Crippen LogP contribution in [0, 0.1) is 0 Å². The van der Waals surface area contributed by atoms with Crippen molar-refractivity contribution >= 4 is 59.4 Å². The minimum Gasteiger partial charge on any atom is -0.479 e. The van der Waals surface area contributed by atoms with Crippen LogP contribution >= 0.6 is 47.8 Å². The van der Waals surface area contributed by atoms with Gasteiger partial charge in [0.05, 0.1) is 11.8 Å². The molecule has 104 valence electrons. The van der Waals surface area contributed by atoms with Gasteiger partial charge in [0.25, 0.3) is 0 Å². The molecule has 1 heterocycles. The van der Waals surface area contributed by atoms with E-state index in [9.17, 15) is 4.79 Å². The second-order valence-electron chi connectivity index (χ2n) is 4.29. The number of carboxylic acid groups (broad SMARTS) is 1. The van der Waals surface area contributed by atoms with Crippen LogP contribution in [0.1, 0.15) is 12.8 Å². The van der Waals surface area contributed by atoms with Crippen molar-refractivity contribution < 1.29 is 14.6 Å². The third-order valence-corrected chi connectivity index (χ3v) is 4.61. The summed E-state index contributed by atoms with van der Waals surface area (Å²) in [5.74, 6) is -0.881. The van der Waals surface area contributed by atoms with E-state index in [1.165, 1.54) is 0 Å². The van der Waals surface area contributed by atoms with Gasteiger partial charge in [-0.2, -0.15) is 0 Å². The zero-order valence-electron chi connectivity index (χ0n) is 9.83. The standard InChI is InChI=1S/C12H12Br3NO3/c13-6-3-8(14)11(9(15)4-6)16-5-7-1-2-10(19-7)12(17)18/h3-4,7,10,16H,1-2,5H2,(H,17,18). The van der Waals surface area contributed by atoms with Crippen LogP contribution in [0.5, 0.6) is 0 Å². The number of hydrogen-bond acceptors (Lipinski definition) is 3. The molecule has 0 bridgehead atoms. The van der Waals surface area contributed by atoms with E-state index in [4.69, 9.17) is 9.84 Å². The fourth-order valence-electron chi connectivity index (χ4n) is 1.96. The van der Waals surface area contributed by atoms with Gasteiger partial charge in [-0.1, -0.05) is 15.9 Å². The summed E-state index contributed by atoms with van der Waals surface area (Å²) >= 11 is 10.4. The molecule has 1 aromatic carbocycles. The Morgan fingerprint density at radius 3 is 2.47 bits per heavy atom. The minimum atomic E-state index is -0.881. The molecule has 7 heteroatoms. The number of aliphatic carboxylic acids is 1. The van der Waals surface area contributed by atoms with E-state index in [0.717, 1.165) is 25.5 Å². The maximum Gasteiger partial charge on any atom is 0.332 e. The molecule has 2 rings (SSSR count). The second-order valence-corrected chi connectivity index (χ2v) is 6.91. The number of carboxylic acids is 1. The average Bonchev–Trinajstić information content (AvgIpc) is 2.76. The van der Waals surface area contributed by atoms with Gasteiger partial charge in [0.1, 0.15) is 0 Å². The highest BCUT2D eigenvalue weighted by Gasteiger charge is 2.30. The summed E-state index contributed by atoms with van der Waals surface area (Å²) < 4.78 is 8.28. The Kier molecular flexibility index (Phi) is 5.28. The third-order valence-electron chi connectivity index (χ3n) is 2.90. The van der Waals surface area contributed by atoms with Gasteiger partial charge in [-0.3, -0.25) is 0 Å². The van der Waals surface area contributed by atoms with Gasteiger partial charge >= 0.3 is 5.97 Å². The molecule has 0 saturated carbocycles. The van der Waals surface area contributed by atoms with Crippen LogP contribution in [0.4, 0.5) is 5.69 Å². The monoisotopic (exact) mass is 455 g/mol. The summed E-state index contributed by atoms with van der Waals surface area (Å²) in [6.45, 7) is 0.586. The lowest BCUT2D eigenvalue weighted by Gasteiger charge is -2.15. The van der Waals surface area contributed by atoms with Crippen molar-refractivity contribution in [3.05, 3.63) is 25.6 Å². The maximum absolute atomic E-state index is 10.8. The van der Waals surface area contributed by atoms with Crippen LogP contribution in [-0.4, -0.2) is 29.8 Å². The van der Waals surface area contributed by atoms with Crippen LogP contribution in [0.2, 0.25) is 0 Å². The van der Waals surface area contributed by atoms with Crippen molar-refractivity contribution in [2.75, 3.05) is 11.9 Å². The molecule has 19 heavy (non-hydrogen) atoms. The van der Waals surface area contributed by atoms with Gasteiger partial charge < -0.3 is 15.2 Å². The van der Waals surface area contributed by atoms with E-state index in [1.807, 2.05) is 12.1 Å². The van der Waals surface area contributed by atoms with Crippen LogP contribution in [0.3, 0.4) is 0 Å². The van der Waals surface area contributed by atoms with Crippen LogP contribution in [0.15, 0.2) is 25.6 Å². The van der Waals surface area contributed by atoms with Crippen molar-refractivity contribution in [3.8, 4) is 0 Å². The topological polar surface area (TPSA) is 58.6 Å². The van der Waals surface area contributed by atoms with Gasteiger partial charge in [-0.25, -0.2) is 4.79 Å². The molecule has 0 amide bonds. The number of hydrogen-bond donors (Lipinski definition) is 2. The van der Waals surface area contributed by atoms with Crippen molar-refractivity contribution in [1.29, 1.82) is 0 Å². The highest BCUT2D eigenvalue weighted by Crippen LogP contribution is 2.34. The average molecular weight is 458 g/mol.